The average Bonchev–Trinajstić information content (AvgIpc) is 2.64. The fourth-order valence-electron chi connectivity index (χ4n) is 3.88. The van der Waals surface area contributed by atoms with Crippen molar-refractivity contribution in [1.82, 2.24) is 0 Å². The second kappa shape index (κ2) is 5.27. The van der Waals surface area contributed by atoms with Crippen molar-refractivity contribution in [3.63, 3.8) is 0 Å². The monoisotopic (exact) mass is 272 g/mol. The molecule has 0 N–H and O–H groups in total. The maximum absolute atomic E-state index is 5.68. The Morgan fingerprint density at radius 1 is 1.20 bits per heavy atom. The molecule has 1 aliphatic carbocycles. The van der Waals surface area contributed by atoms with Crippen molar-refractivity contribution in [1.29, 1.82) is 0 Å². The van der Waals surface area contributed by atoms with Crippen LogP contribution in [0.4, 0.5) is 0 Å². The minimum absolute atomic E-state index is 0.100. The number of rotatable bonds is 3. The van der Waals surface area contributed by atoms with E-state index in [0.717, 1.165) is 5.75 Å². The van der Waals surface area contributed by atoms with Crippen molar-refractivity contribution >= 4 is 0 Å². The number of methoxy groups -OCH3 is 1. The standard InChI is InChI=1S/C19H28O/c1-14(2)13-19(11-7-10-18(19,4)5)16-12-15(3)8-9-17(16)20-6/h8-9,12-13H,7,10-11H2,1-6H3/t19-/m1/s1. The van der Waals surface area contributed by atoms with Gasteiger partial charge in [0.2, 0.25) is 0 Å². The lowest BCUT2D eigenvalue weighted by Gasteiger charge is -2.41. The van der Waals surface area contributed by atoms with E-state index in [-0.39, 0.29) is 10.8 Å². The van der Waals surface area contributed by atoms with Gasteiger partial charge in [0.1, 0.15) is 5.75 Å². The molecule has 1 fully saturated rings. The number of hydrogen-bond acceptors (Lipinski definition) is 1. The van der Waals surface area contributed by atoms with Crippen LogP contribution in [-0.4, -0.2) is 7.11 Å². The van der Waals surface area contributed by atoms with E-state index in [2.05, 4.69) is 58.9 Å². The molecule has 1 aromatic carbocycles. The van der Waals surface area contributed by atoms with E-state index in [1.807, 2.05) is 0 Å². The molecular formula is C19H28O. The van der Waals surface area contributed by atoms with Crippen molar-refractivity contribution in [2.75, 3.05) is 7.11 Å². The largest absolute Gasteiger partial charge is 0.496 e. The predicted molar refractivity (Wildman–Crippen MR) is 86.5 cm³/mol. The van der Waals surface area contributed by atoms with E-state index in [1.165, 1.54) is 36.0 Å². The van der Waals surface area contributed by atoms with Crippen molar-refractivity contribution in [3.8, 4) is 5.75 Å². The lowest BCUT2D eigenvalue weighted by molar-refractivity contribution is 0.248. The third-order valence-electron chi connectivity index (χ3n) is 4.95. The molecule has 20 heavy (non-hydrogen) atoms. The lowest BCUT2D eigenvalue weighted by atomic mass is 9.63. The smallest absolute Gasteiger partial charge is 0.122 e. The minimum atomic E-state index is 0.100. The summed E-state index contributed by atoms with van der Waals surface area (Å²) < 4.78 is 5.68. The molecule has 1 heteroatoms. The minimum Gasteiger partial charge on any atom is -0.496 e. The highest BCUT2D eigenvalue weighted by Gasteiger charge is 2.49. The first-order valence-electron chi connectivity index (χ1n) is 7.63. The van der Waals surface area contributed by atoms with Crippen LogP contribution in [0.15, 0.2) is 29.8 Å². The van der Waals surface area contributed by atoms with Gasteiger partial charge in [-0.05, 0) is 45.1 Å². The Hall–Kier alpha value is -1.24. The van der Waals surface area contributed by atoms with Gasteiger partial charge in [-0.3, -0.25) is 0 Å². The molecule has 0 aromatic heterocycles. The molecule has 1 aromatic rings. The van der Waals surface area contributed by atoms with Crippen LogP contribution in [0.5, 0.6) is 5.75 Å². The second-order valence-electron chi connectivity index (χ2n) is 7.13. The van der Waals surface area contributed by atoms with Crippen molar-refractivity contribution < 1.29 is 4.74 Å². The second-order valence-corrected chi connectivity index (χ2v) is 7.13. The summed E-state index contributed by atoms with van der Waals surface area (Å²) in [5, 5.41) is 0. The molecule has 1 saturated carbocycles. The Kier molecular flexibility index (Phi) is 4.00. The summed E-state index contributed by atoms with van der Waals surface area (Å²) in [7, 11) is 1.78. The molecule has 1 aliphatic rings. The first-order chi connectivity index (χ1) is 9.32. The van der Waals surface area contributed by atoms with Crippen LogP contribution < -0.4 is 4.74 Å². The molecule has 0 spiro atoms. The lowest BCUT2D eigenvalue weighted by Crippen LogP contribution is -2.36. The number of benzene rings is 1. The van der Waals surface area contributed by atoms with E-state index >= 15 is 0 Å². The third kappa shape index (κ3) is 2.39. The van der Waals surface area contributed by atoms with Gasteiger partial charge in [0, 0.05) is 11.0 Å². The van der Waals surface area contributed by atoms with Gasteiger partial charge in [-0.2, -0.15) is 0 Å². The first kappa shape index (κ1) is 15.2. The van der Waals surface area contributed by atoms with Gasteiger partial charge in [0.15, 0.2) is 0 Å². The average molecular weight is 272 g/mol. The Morgan fingerprint density at radius 2 is 1.90 bits per heavy atom. The zero-order valence-corrected chi connectivity index (χ0v) is 13.8. The predicted octanol–water partition coefficient (Wildman–Crippen LogP) is 5.42. The summed E-state index contributed by atoms with van der Waals surface area (Å²) in [6.45, 7) is 11.4. The zero-order chi connectivity index (χ0) is 15.0. The maximum Gasteiger partial charge on any atom is 0.122 e. The van der Waals surface area contributed by atoms with Gasteiger partial charge in [-0.1, -0.05) is 49.6 Å². The fourth-order valence-corrected chi connectivity index (χ4v) is 3.88. The highest BCUT2D eigenvalue weighted by Crippen LogP contribution is 2.57. The highest BCUT2D eigenvalue weighted by atomic mass is 16.5. The topological polar surface area (TPSA) is 9.23 Å². The van der Waals surface area contributed by atoms with Crippen LogP contribution >= 0.6 is 0 Å². The molecule has 0 bridgehead atoms. The SMILES string of the molecule is COc1ccc(C)cc1[C@]1(C=C(C)C)CCCC1(C)C. The maximum atomic E-state index is 5.68. The number of hydrogen-bond donors (Lipinski definition) is 0. The Bertz CT molecular complexity index is 521. The summed E-state index contributed by atoms with van der Waals surface area (Å²) in [6.07, 6.45) is 6.25. The Labute approximate surface area is 124 Å². The summed E-state index contributed by atoms with van der Waals surface area (Å²) in [6, 6.07) is 6.59. The van der Waals surface area contributed by atoms with Crippen molar-refractivity contribution in [2.24, 2.45) is 5.41 Å². The van der Waals surface area contributed by atoms with Gasteiger partial charge in [0.05, 0.1) is 7.11 Å². The summed E-state index contributed by atoms with van der Waals surface area (Å²) in [5.74, 6) is 1.03. The molecule has 0 unspecified atom stereocenters. The highest BCUT2D eigenvalue weighted by molar-refractivity contribution is 5.48. The van der Waals surface area contributed by atoms with Gasteiger partial charge >= 0.3 is 0 Å². The first-order valence-corrected chi connectivity index (χ1v) is 7.63. The number of ether oxygens (including phenoxy) is 1. The Morgan fingerprint density at radius 3 is 2.40 bits per heavy atom. The molecule has 0 amide bonds. The van der Waals surface area contributed by atoms with Crippen molar-refractivity contribution in [3.05, 3.63) is 41.0 Å². The van der Waals surface area contributed by atoms with Gasteiger partial charge in [0.25, 0.3) is 0 Å². The molecule has 0 saturated heterocycles. The molecule has 0 heterocycles. The van der Waals surface area contributed by atoms with Gasteiger partial charge < -0.3 is 4.74 Å². The van der Waals surface area contributed by atoms with E-state index in [1.54, 1.807) is 7.11 Å². The van der Waals surface area contributed by atoms with E-state index < -0.39 is 0 Å². The van der Waals surface area contributed by atoms with Crippen LogP contribution in [0, 0.1) is 12.3 Å². The van der Waals surface area contributed by atoms with Crippen LogP contribution in [0.25, 0.3) is 0 Å². The van der Waals surface area contributed by atoms with Gasteiger partial charge in [-0.15, -0.1) is 0 Å². The molecule has 2 rings (SSSR count). The van der Waals surface area contributed by atoms with Gasteiger partial charge in [-0.25, -0.2) is 0 Å². The molecule has 110 valence electrons. The summed E-state index contributed by atoms with van der Waals surface area (Å²) in [5.41, 5.74) is 4.44. The van der Waals surface area contributed by atoms with Crippen LogP contribution in [0.2, 0.25) is 0 Å². The normalized spacial score (nSPS) is 24.5. The summed E-state index contributed by atoms with van der Waals surface area (Å²) >= 11 is 0. The molecule has 0 aliphatic heterocycles. The molecular weight excluding hydrogens is 244 g/mol. The third-order valence-corrected chi connectivity index (χ3v) is 4.95. The summed E-state index contributed by atoms with van der Waals surface area (Å²) in [4.78, 5) is 0. The zero-order valence-electron chi connectivity index (χ0n) is 13.8. The molecule has 0 radical (unpaired) electrons. The van der Waals surface area contributed by atoms with E-state index in [0.29, 0.717) is 0 Å². The number of aryl methyl sites for hydroxylation is 1. The Balaban J connectivity index is 2.71. The number of allylic oxidation sites excluding steroid dienone is 2. The fraction of sp³-hybridized carbons (Fsp3) is 0.579. The molecule has 1 nitrogen and oxygen atoms in total. The quantitative estimate of drug-likeness (QED) is 0.668. The van der Waals surface area contributed by atoms with E-state index in [9.17, 15) is 0 Å². The van der Waals surface area contributed by atoms with Crippen LogP contribution in [-0.2, 0) is 5.41 Å². The van der Waals surface area contributed by atoms with Crippen molar-refractivity contribution in [2.45, 2.75) is 59.3 Å². The van der Waals surface area contributed by atoms with Crippen LogP contribution in [0.1, 0.15) is 58.1 Å². The molecule has 1 atom stereocenters. The van der Waals surface area contributed by atoms with Crippen LogP contribution in [0.3, 0.4) is 0 Å². The van der Waals surface area contributed by atoms with E-state index in [4.69, 9.17) is 4.74 Å².